The number of anilines is 1. The molecule has 0 radical (unpaired) electrons. The third kappa shape index (κ3) is 3.71. The molecule has 2 heterocycles. The predicted octanol–water partition coefficient (Wildman–Crippen LogP) is 0.668. The topological polar surface area (TPSA) is 86.7 Å². The summed E-state index contributed by atoms with van der Waals surface area (Å²) in [6.45, 7) is 3.49. The molecule has 1 aliphatic rings. The molecular formula is C13H20N4O4. The Morgan fingerprint density at radius 1 is 1.24 bits per heavy atom. The van der Waals surface area contributed by atoms with Crippen LogP contribution in [0, 0.1) is 5.92 Å². The summed E-state index contributed by atoms with van der Waals surface area (Å²) < 4.78 is 15.2. The van der Waals surface area contributed by atoms with Gasteiger partial charge in [-0.1, -0.05) is 0 Å². The maximum Gasteiger partial charge on any atom is 0.324 e. The molecule has 0 aromatic carbocycles. The van der Waals surface area contributed by atoms with Crippen LogP contribution < -0.4 is 14.4 Å². The van der Waals surface area contributed by atoms with E-state index in [-0.39, 0.29) is 23.9 Å². The van der Waals surface area contributed by atoms with Crippen molar-refractivity contribution in [1.82, 2.24) is 15.0 Å². The number of piperidine rings is 1. The number of hydrogen-bond acceptors (Lipinski definition) is 8. The Morgan fingerprint density at radius 2 is 1.90 bits per heavy atom. The molecule has 0 N–H and O–H groups in total. The van der Waals surface area contributed by atoms with Crippen molar-refractivity contribution in [2.24, 2.45) is 5.92 Å². The van der Waals surface area contributed by atoms with Gasteiger partial charge in [0.05, 0.1) is 26.7 Å². The molecule has 2 rings (SSSR count). The summed E-state index contributed by atoms with van der Waals surface area (Å²) in [6.07, 6.45) is 1.69. The van der Waals surface area contributed by atoms with Crippen molar-refractivity contribution >= 4 is 11.9 Å². The van der Waals surface area contributed by atoms with Gasteiger partial charge in [-0.25, -0.2) is 0 Å². The summed E-state index contributed by atoms with van der Waals surface area (Å²) in [7, 11) is 2.96. The minimum Gasteiger partial charge on any atom is -0.467 e. The maximum atomic E-state index is 11.9. The van der Waals surface area contributed by atoms with Gasteiger partial charge in [-0.3, -0.25) is 4.79 Å². The van der Waals surface area contributed by atoms with Crippen LogP contribution in [0.2, 0.25) is 0 Å². The third-order valence-electron chi connectivity index (χ3n) is 3.27. The minimum atomic E-state index is -0.171. The molecule has 0 amide bonds. The third-order valence-corrected chi connectivity index (χ3v) is 3.27. The molecule has 8 nitrogen and oxygen atoms in total. The van der Waals surface area contributed by atoms with Crippen LogP contribution in [-0.4, -0.2) is 54.8 Å². The molecule has 1 saturated heterocycles. The zero-order valence-corrected chi connectivity index (χ0v) is 12.5. The first-order valence-electron chi connectivity index (χ1n) is 6.93. The van der Waals surface area contributed by atoms with E-state index in [1.54, 1.807) is 6.92 Å². The van der Waals surface area contributed by atoms with E-state index in [0.717, 1.165) is 19.4 Å². The maximum absolute atomic E-state index is 11.9. The van der Waals surface area contributed by atoms with E-state index >= 15 is 0 Å². The van der Waals surface area contributed by atoms with Gasteiger partial charge in [0.25, 0.3) is 0 Å². The first kappa shape index (κ1) is 15.3. The van der Waals surface area contributed by atoms with Crippen LogP contribution in [0.3, 0.4) is 0 Å². The lowest BCUT2D eigenvalue weighted by Gasteiger charge is -2.31. The highest BCUT2D eigenvalue weighted by molar-refractivity contribution is 5.73. The summed E-state index contributed by atoms with van der Waals surface area (Å²) in [5.74, 6) is 0.121. The molecule has 0 saturated carbocycles. The van der Waals surface area contributed by atoms with E-state index in [1.807, 2.05) is 4.90 Å². The fraction of sp³-hybridized carbons (Fsp3) is 0.692. The summed E-state index contributed by atoms with van der Waals surface area (Å²) in [6, 6.07) is 0.380. The van der Waals surface area contributed by atoms with Gasteiger partial charge in [0.15, 0.2) is 0 Å². The van der Waals surface area contributed by atoms with Gasteiger partial charge in [-0.05, 0) is 19.8 Å². The Kier molecular flexibility index (Phi) is 5.13. The highest BCUT2D eigenvalue weighted by Crippen LogP contribution is 2.23. The van der Waals surface area contributed by atoms with Crippen LogP contribution in [0.5, 0.6) is 12.0 Å². The Balaban J connectivity index is 2.15. The quantitative estimate of drug-likeness (QED) is 0.733. The predicted molar refractivity (Wildman–Crippen MR) is 74.5 cm³/mol. The lowest BCUT2D eigenvalue weighted by atomic mass is 9.98. The SMILES string of the molecule is CCOC(=O)C1CCCN(c2nc(OC)nc(OC)n2)C1. The van der Waals surface area contributed by atoms with E-state index in [0.29, 0.717) is 19.1 Å². The zero-order valence-electron chi connectivity index (χ0n) is 12.5. The first-order valence-corrected chi connectivity index (χ1v) is 6.93. The highest BCUT2D eigenvalue weighted by Gasteiger charge is 2.28. The fourth-order valence-electron chi connectivity index (χ4n) is 2.26. The van der Waals surface area contributed by atoms with E-state index in [1.165, 1.54) is 14.2 Å². The monoisotopic (exact) mass is 296 g/mol. The van der Waals surface area contributed by atoms with Gasteiger partial charge in [0.2, 0.25) is 5.95 Å². The summed E-state index contributed by atoms with van der Waals surface area (Å²) >= 11 is 0. The Bertz CT molecular complexity index is 475. The van der Waals surface area contributed by atoms with E-state index in [2.05, 4.69) is 15.0 Å². The van der Waals surface area contributed by atoms with Gasteiger partial charge in [0, 0.05) is 13.1 Å². The summed E-state index contributed by atoms with van der Waals surface area (Å²) in [5, 5.41) is 0. The van der Waals surface area contributed by atoms with Crippen molar-refractivity contribution in [3.05, 3.63) is 0 Å². The number of aromatic nitrogens is 3. The van der Waals surface area contributed by atoms with Crippen LogP contribution in [0.1, 0.15) is 19.8 Å². The second-order valence-electron chi connectivity index (χ2n) is 4.65. The van der Waals surface area contributed by atoms with Gasteiger partial charge in [-0.15, -0.1) is 4.98 Å². The summed E-state index contributed by atoms with van der Waals surface area (Å²) in [5.41, 5.74) is 0. The number of ether oxygens (including phenoxy) is 3. The number of carbonyl (C=O) groups is 1. The number of methoxy groups -OCH3 is 2. The van der Waals surface area contributed by atoms with Crippen molar-refractivity contribution in [2.45, 2.75) is 19.8 Å². The van der Waals surface area contributed by atoms with Crippen molar-refractivity contribution in [3.8, 4) is 12.0 Å². The molecule has 0 bridgehead atoms. The lowest BCUT2D eigenvalue weighted by molar-refractivity contribution is -0.148. The van der Waals surface area contributed by atoms with Crippen LogP contribution in [0.15, 0.2) is 0 Å². The zero-order chi connectivity index (χ0) is 15.2. The highest BCUT2D eigenvalue weighted by atomic mass is 16.5. The second kappa shape index (κ2) is 7.05. The van der Waals surface area contributed by atoms with Gasteiger partial charge >= 0.3 is 18.0 Å². The molecule has 0 spiro atoms. The van der Waals surface area contributed by atoms with Crippen LogP contribution >= 0.6 is 0 Å². The van der Waals surface area contributed by atoms with Crippen molar-refractivity contribution < 1.29 is 19.0 Å². The van der Waals surface area contributed by atoms with Gasteiger partial charge < -0.3 is 19.1 Å². The van der Waals surface area contributed by atoms with Crippen molar-refractivity contribution in [2.75, 3.05) is 38.8 Å². The standard InChI is InChI=1S/C13H20N4O4/c1-4-21-10(18)9-6-5-7-17(8-9)11-14-12(19-2)16-13(15-11)20-3/h9H,4-8H2,1-3H3. The number of nitrogens with zero attached hydrogens (tertiary/aromatic N) is 4. The minimum absolute atomic E-state index is 0.160. The second-order valence-corrected chi connectivity index (χ2v) is 4.65. The lowest BCUT2D eigenvalue weighted by Crippen LogP contribution is -2.40. The van der Waals surface area contributed by atoms with E-state index in [4.69, 9.17) is 14.2 Å². The molecule has 1 unspecified atom stereocenters. The normalized spacial score (nSPS) is 18.2. The van der Waals surface area contributed by atoms with Crippen LogP contribution in [-0.2, 0) is 9.53 Å². The van der Waals surface area contributed by atoms with Gasteiger partial charge in [0.1, 0.15) is 0 Å². The Hall–Kier alpha value is -2.12. The van der Waals surface area contributed by atoms with E-state index in [9.17, 15) is 4.79 Å². The number of esters is 1. The average molecular weight is 296 g/mol. The number of hydrogen-bond donors (Lipinski definition) is 0. The number of carbonyl (C=O) groups excluding carboxylic acids is 1. The Morgan fingerprint density at radius 3 is 2.48 bits per heavy atom. The first-order chi connectivity index (χ1) is 10.2. The molecule has 21 heavy (non-hydrogen) atoms. The average Bonchev–Trinajstić information content (AvgIpc) is 2.54. The van der Waals surface area contributed by atoms with E-state index < -0.39 is 0 Å². The molecule has 8 heteroatoms. The van der Waals surface area contributed by atoms with Gasteiger partial charge in [-0.2, -0.15) is 9.97 Å². The Labute approximate surface area is 123 Å². The van der Waals surface area contributed by atoms with Crippen LogP contribution in [0.4, 0.5) is 5.95 Å². The molecule has 1 aromatic rings. The smallest absolute Gasteiger partial charge is 0.324 e. The van der Waals surface area contributed by atoms with Crippen molar-refractivity contribution in [1.29, 1.82) is 0 Å². The molecule has 1 aliphatic heterocycles. The summed E-state index contributed by atoms with van der Waals surface area (Å²) in [4.78, 5) is 26.2. The molecule has 1 fully saturated rings. The molecular weight excluding hydrogens is 276 g/mol. The molecule has 1 aromatic heterocycles. The fourth-order valence-corrected chi connectivity index (χ4v) is 2.26. The largest absolute Gasteiger partial charge is 0.467 e. The molecule has 116 valence electrons. The van der Waals surface area contributed by atoms with Crippen molar-refractivity contribution in [3.63, 3.8) is 0 Å². The molecule has 1 atom stereocenters. The van der Waals surface area contributed by atoms with Crippen LogP contribution in [0.25, 0.3) is 0 Å². The number of rotatable bonds is 5. The molecule has 0 aliphatic carbocycles.